The highest BCUT2D eigenvalue weighted by molar-refractivity contribution is 5.85. The molecule has 1 aromatic carbocycles. The molecule has 7 heteroatoms. The van der Waals surface area contributed by atoms with E-state index in [0.717, 1.165) is 6.08 Å². The molecule has 0 atom stereocenters. The minimum atomic E-state index is -1.34. The summed E-state index contributed by atoms with van der Waals surface area (Å²) in [5.74, 6) is -3.62. The quantitative estimate of drug-likeness (QED) is 0.488. The van der Waals surface area contributed by atoms with Gasteiger partial charge in [-0.05, 0) is 12.1 Å². The average Bonchev–Trinajstić information content (AvgIpc) is 2.18. The van der Waals surface area contributed by atoms with E-state index >= 15 is 0 Å². The first kappa shape index (κ1) is 11.8. The Hall–Kier alpha value is -2.31. The van der Waals surface area contributed by atoms with Gasteiger partial charge in [-0.25, -0.2) is 9.18 Å². The fourth-order valence-electron chi connectivity index (χ4n) is 0.980. The molecule has 0 aliphatic rings. The van der Waals surface area contributed by atoms with Gasteiger partial charge in [-0.3, -0.25) is 10.1 Å². The van der Waals surface area contributed by atoms with E-state index in [-0.39, 0.29) is 5.56 Å². The second kappa shape index (κ2) is 4.47. The number of benzene rings is 1. The maximum Gasteiger partial charge on any atom is 0.328 e. The SMILES string of the molecule is O=C(O)C=Cc1cc(F)c([N+](=O)[O-])cc1F. The third-order valence-corrected chi connectivity index (χ3v) is 1.67. The zero-order valence-electron chi connectivity index (χ0n) is 7.68. The molecule has 0 aliphatic carbocycles. The molecule has 16 heavy (non-hydrogen) atoms. The first-order chi connectivity index (χ1) is 7.41. The van der Waals surface area contributed by atoms with Gasteiger partial charge in [0.05, 0.1) is 11.0 Å². The van der Waals surface area contributed by atoms with Crippen LogP contribution in [0.4, 0.5) is 14.5 Å². The second-order valence-corrected chi connectivity index (χ2v) is 2.75. The van der Waals surface area contributed by atoms with Gasteiger partial charge in [0, 0.05) is 11.6 Å². The van der Waals surface area contributed by atoms with Crippen molar-refractivity contribution in [2.45, 2.75) is 0 Å². The smallest absolute Gasteiger partial charge is 0.328 e. The first-order valence-corrected chi connectivity index (χ1v) is 3.96. The number of carbonyl (C=O) groups is 1. The lowest BCUT2D eigenvalue weighted by Crippen LogP contribution is -1.96. The van der Waals surface area contributed by atoms with Crippen LogP contribution in [0.5, 0.6) is 0 Å². The van der Waals surface area contributed by atoms with Crippen LogP contribution in [0.2, 0.25) is 0 Å². The molecule has 0 heterocycles. The highest BCUT2D eigenvalue weighted by atomic mass is 19.1. The maximum atomic E-state index is 13.1. The Balaban J connectivity index is 3.20. The molecule has 84 valence electrons. The summed E-state index contributed by atoms with van der Waals surface area (Å²) in [6.07, 6.45) is 1.41. The van der Waals surface area contributed by atoms with Gasteiger partial charge < -0.3 is 5.11 Å². The molecule has 1 N–H and O–H groups in total. The zero-order valence-corrected chi connectivity index (χ0v) is 7.68. The van der Waals surface area contributed by atoms with E-state index in [1.807, 2.05) is 0 Å². The summed E-state index contributed by atoms with van der Waals surface area (Å²) in [6.45, 7) is 0. The third-order valence-electron chi connectivity index (χ3n) is 1.67. The van der Waals surface area contributed by atoms with Crippen LogP contribution in [0.1, 0.15) is 5.56 Å². The van der Waals surface area contributed by atoms with Crippen LogP contribution in [0.25, 0.3) is 6.08 Å². The Morgan fingerprint density at radius 3 is 2.50 bits per heavy atom. The average molecular weight is 229 g/mol. The van der Waals surface area contributed by atoms with Crippen LogP contribution in [-0.4, -0.2) is 16.0 Å². The lowest BCUT2D eigenvalue weighted by Gasteiger charge is -1.98. The van der Waals surface area contributed by atoms with Gasteiger partial charge in [0.2, 0.25) is 5.82 Å². The number of nitrogens with zero attached hydrogens (tertiary/aromatic N) is 1. The molecular formula is C9H5F2NO4. The Labute approximate surface area is 87.8 Å². The number of nitro benzene ring substituents is 1. The van der Waals surface area contributed by atoms with Crippen molar-refractivity contribution >= 4 is 17.7 Å². The summed E-state index contributed by atoms with van der Waals surface area (Å²) in [7, 11) is 0. The number of hydrogen-bond donors (Lipinski definition) is 1. The van der Waals surface area contributed by atoms with E-state index in [1.165, 1.54) is 0 Å². The summed E-state index contributed by atoms with van der Waals surface area (Å²) < 4.78 is 26.1. The van der Waals surface area contributed by atoms with Gasteiger partial charge in [-0.2, -0.15) is 4.39 Å². The summed E-state index contributed by atoms with van der Waals surface area (Å²) in [5, 5.41) is 18.5. The van der Waals surface area contributed by atoms with Gasteiger partial charge >= 0.3 is 11.7 Å². The first-order valence-electron chi connectivity index (χ1n) is 3.96. The molecular weight excluding hydrogens is 224 g/mol. The van der Waals surface area contributed by atoms with Crippen LogP contribution in [-0.2, 0) is 4.79 Å². The summed E-state index contributed by atoms with van der Waals surface area (Å²) in [5.41, 5.74) is -1.37. The maximum absolute atomic E-state index is 13.1. The van der Waals surface area contributed by atoms with Crippen molar-refractivity contribution < 1.29 is 23.6 Å². The van der Waals surface area contributed by atoms with E-state index in [4.69, 9.17) is 5.11 Å². The number of halogens is 2. The molecule has 0 saturated heterocycles. The van der Waals surface area contributed by atoms with E-state index in [1.54, 1.807) is 0 Å². The largest absolute Gasteiger partial charge is 0.478 e. The van der Waals surface area contributed by atoms with Crippen LogP contribution in [0.15, 0.2) is 18.2 Å². The van der Waals surface area contributed by atoms with Crippen LogP contribution < -0.4 is 0 Å². The van der Waals surface area contributed by atoms with Crippen molar-refractivity contribution in [2.75, 3.05) is 0 Å². The van der Waals surface area contributed by atoms with Gasteiger partial charge in [-0.1, -0.05) is 0 Å². The van der Waals surface area contributed by atoms with Gasteiger partial charge in [-0.15, -0.1) is 0 Å². The Morgan fingerprint density at radius 2 is 2.00 bits per heavy atom. The predicted molar refractivity (Wildman–Crippen MR) is 49.7 cm³/mol. The number of rotatable bonds is 3. The van der Waals surface area contributed by atoms with Crippen molar-refractivity contribution in [3.63, 3.8) is 0 Å². The van der Waals surface area contributed by atoms with Gasteiger partial charge in [0.1, 0.15) is 5.82 Å². The minimum Gasteiger partial charge on any atom is -0.478 e. The molecule has 0 aliphatic heterocycles. The monoisotopic (exact) mass is 229 g/mol. The molecule has 1 rings (SSSR count). The molecule has 1 aromatic rings. The molecule has 0 unspecified atom stereocenters. The van der Waals surface area contributed by atoms with Crippen LogP contribution in [0.3, 0.4) is 0 Å². The fraction of sp³-hybridized carbons (Fsp3) is 0. The van der Waals surface area contributed by atoms with Gasteiger partial charge in [0.25, 0.3) is 0 Å². The number of carboxylic acid groups (broad SMARTS) is 1. The molecule has 0 radical (unpaired) electrons. The number of hydrogen-bond acceptors (Lipinski definition) is 3. The van der Waals surface area contributed by atoms with E-state index in [2.05, 4.69) is 0 Å². The highest BCUT2D eigenvalue weighted by Gasteiger charge is 2.17. The highest BCUT2D eigenvalue weighted by Crippen LogP contribution is 2.22. The normalized spacial score (nSPS) is 10.6. The zero-order chi connectivity index (χ0) is 12.3. The minimum absolute atomic E-state index is 0.370. The van der Waals surface area contributed by atoms with E-state index in [0.29, 0.717) is 18.2 Å². The predicted octanol–water partition coefficient (Wildman–Crippen LogP) is 1.97. The van der Waals surface area contributed by atoms with Gasteiger partial charge in [0.15, 0.2) is 0 Å². The number of carboxylic acids is 1. The molecule has 0 bridgehead atoms. The van der Waals surface area contributed by atoms with Crippen molar-refractivity contribution in [1.82, 2.24) is 0 Å². The summed E-state index contributed by atoms with van der Waals surface area (Å²) >= 11 is 0. The molecule has 5 nitrogen and oxygen atoms in total. The number of nitro groups is 1. The summed E-state index contributed by atoms with van der Waals surface area (Å²) in [6, 6.07) is 0.962. The Kier molecular flexibility index (Phi) is 3.29. The Bertz CT molecular complexity index is 485. The second-order valence-electron chi connectivity index (χ2n) is 2.75. The topological polar surface area (TPSA) is 80.4 Å². The lowest BCUT2D eigenvalue weighted by atomic mass is 10.1. The van der Waals surface area contributed by atoms with E-state index in [9.17, 15) is 23.7 Å². The third kappa shape index (κ3) is 2.59. The van der Waals surface area contributed by atoms with E-state index < -0.39 is 28.2 Å². The van der Waals surface area contributed by atoms with Crippen molar-refractivity contribution in [3.8, 4) is 0 Å². The Morgan fingerprint density at radius 1 is 1.38 bits per heavy atom. The standard InChI is InChI=1S/C9H5F2NO4/c10-6-4-8(12(15)16)7(11)3-5(6)1-2-9(13)14/h1-4H,(H,13,14). The molecule has 0 spiro atoms. The molecule has 0 fully saturated rings. The fourth-order valence-corrected chi connectivity index (χ4v) is 0.980. The summed E-state index contributed by atoms with van der Waals surface area (Å²) in [4.78, 5) is 19.3. The lowest BCUT2D eigenvalue weighted by molar-refractivity contribution is -0.387. The van der Waals surface area contributed by atoms with Crippen LogP contribution in [0, 0.1) is 21.7 Å². The molecule has 0 amide bonds. The molecule has 0 aromatic heterocycles. The number of aliphatic carboxylic acids is 1. The van der Waals surface area contributed by atoms with Crippen LogP contribution >= 0.6 is 0 Å². The van der Waals surface area contributed by atoms with Crippen molar-refractivity contribution in [3.05, 3.63) is 45.5 Å². The molecule has 0 saturated carbocycles. The van der Waals surface area contributed by atoms with Crippen molar-refractivity contribution in [1.29, 1.82) is 0 Å². The van der Waals surface area contributed by atoms with Crippen molar-refractivity contribution in [2.24, 2.45) is 0 Å².